The number of carbonyl (C=O) groups excluding carboxylic acids is 1. The van der Waals surface area contributed by atoms with E-state index >= 15 is 0 Å². The van der Waals surface area contributed by atoms with E-state index in [9.17, 15) is 18.4 Å². The SMILES string of the molecule is COC(=O)CSc1nc2cc(-n3nc(C)n(C(F)F)c3=O)c(Cl)cc2s1. The van der Waals surface area contributed by atoms with Crippen molar-refractivity contribution in [2.75, 3.05) is 12.9 Å². The van der Waals surface area contributed by atoms with Crippen LogP contribution in [0.1, 0.15) is 12.4 Å². The second-order valence-electron chi connectivity index (χ2n) is 5.01. The van der Waals surface area contributed by atoms with Gasteiger partial charge >= 0.3 is 18.2 Å². The van der Waals surface area contributed by atoms with Gasteiger partial charge in [0.05, 0.1) is 33.8 Å². The average molecular weight is 421 g/mol. The first-order valence-corrected chi connectivity index (χ1v) is 9.26. The first kappa shape index (κ1) is 18.8. The minimum Gasteiger partial charge on any atom is -0.468 e. The number of thioether (sulfide) groups is 1. The molecule has 2 aromatic heterocycles. The van der Waals surface area contributed by atoms with E-state index in [-0.39, 0.29) is 32.8 Å². The Morgan fingerprint density at radius 1 is 1.46 bits per heavy atom. The molecule has 138 valence electrons. The number of hydrogen-bond donors (Lipinski definition) is 0. The number of aromatic nitrogens is 4. The van der Waals surface area contributed by atoms with Gasteiger partial charge in [0.1, 0.15) is 5.82 Å². The van der Waals surface area contributed by atoms with Gasteiger partial charge in [-0.25, -0.2) is 14.3 Å². The van der Waals surface area contributed by atoms with Crippen LogP contribution in [0, 0.1) is 6.92 Å². The van der Waals surface area contributed by atoms with Crippen molar-refractivity contribution in [2.24, 2.45) is 0 Å². The number of carbonyl (C=O) groups is 1. The van der Waals surface area contributed by atoms with Crippen LogP contribution >= 0.6 is 34.7 Å². The van der Waals surface area contributed by atoms with E-state index in [2.05, 4.69) is 14.8 Å². The standard InChI is InChI=1S/C14H11ClF2N4O3S2/c1-6-19-21(14(23)20(6)12(16)17)9-4-8-10(3-7(9)15)26-13(18-8)25-5-11(22)24-2/h3-4,12H,5H2,1-2H3. The van der Waals surface area contributed by atoms with Crippen LogP contribution in [-0.2, 0) is 9.53 Å². The first-order valence-electron chi connectivity index (χ1n) is 7.08. The number of halogens is 3. The van der Waals surface area contributed by atoms with Crippen molar-refractivity contribution < 1.29 is 18.3 Å². The zero-order valence-electron chi connectivity index (χ0n) is 13.4. The van der Waals surface area contributed by atoms with Gasteiger partial charge in [0.15, 0.2) is 4.34 Å². The van der Waals surface area contributed by atoms with Crippen molar-refractivity contribution in [3.63, 3.8) is 0 Å². The summed E-state index contributed by atoms with van der Waals surface area (Å²) in [7, 11) is 1.30. The molecule has 0 radical (unpaired) electrons. The van der Waals surface area contributed by atoms with Crippen molar-refractivity contribution in [1.82, 2.24) is 19.3 Å². The molecule has 0 aliphatic heterocycles. The molecule has 0 aliphatic carbocycles. The summed E-state index contributed by atoms with van der Waals surface area (Å²) in [4.78, 5) is 27.8. The second-order valence-corrected chi connectivity index (χ2v) is 7.67. The van der Waals surface area contributed by atoms with Gasteiger partial charge in [0.2, 0.25) is 0 Å². The molecule has 0 unspecified atom stereocenters. The molecular formula is C14H11ClF2N4O3S2. The van der Waals surface area contributed by atoms with Crippen molar-refractivity contribution in [2.45, 2.75) is 17.8 Å². The van der Waals surface area contributed by atoms with Crippen LogP contribution in [-0.4, -0.2) is 38.2 Å². The van der Waals surface area contributed by atoms with E-state index in [1.165, 1.54) is 43.2 Å². The van der Waals surface area contributed by atoms with Gasteiger partial charge in [0, 0.05) is 0 Å². The zero-order valence-corrected chi connectivity index (χ0v) is 15.8. The summed E-state index contributed by atoms with van der Waals surface area (Å²) >= 11 is 8.73. The molecule has 12 heteroatoms. The number of benzene rings is 1. The largest absolute Gasteiger partial charge is 0.468 e. The second kappa shape index (κ2) is 7.33. The van der Waals surface area contributed by atoms with Crippen molar-refractivity contribution in [3.8, 4) is 5.69 Å². The normalized spacial score (nSPS) is 11.5. The highest BCUT2D eigenvalue weighted by molar-refractivity contribution is 8.01. The van der Waals surface area contributed by atoms with Gasteiger partial charge < -0.3 is 4.74 Å². The molecule has 0 saturated heterocycles. The minimum absolute atomic E-state index is 0.106. The summed E-state index contributed by atoms with van der Waals surface area (Å²) < 4.78 is 33.0. The van der Waals surface area contributed by atoms with Gasteiger partial charge in [-0.05, 0) is 19.1 Å². The van der Waals surface area contributed by atoms with E-state index < -0.39 is 12.2 Å². The maximum absolute atomic E-state index is 13.0. The van der Waals surface area contributed by atoms with E-state index in [0.717, 1.165) is 9.38 Å². The molecule has 0 bridgehead atoms. The lowest BCUT2D eigenvalue weighted by atomic mass is 10.3. The predicted molar refractivity (Wildman–Crippen MR) is 94.7 cm³/mol. The average Bonchev–Trinajstić information content (AvgIpc) is 3.11. The van der Waals surface area contributed by atoms with E-state index in [1.54, 1.807) is 6.07 Å². The Kier molecular flexibility index (Phi) is 5.30. The Labute approximate surface area is 158 Å². The van der Waals surface area contributed by atoms with Gasteiger partial charge in [-0.1, -0.05) is 23.4 Å². The third kappa shape index (κ3) is 3.46. The van der Waals surface area contributed by atoms with Crippen LogP contribution in [0.4, 0.5) is 8.78 Å². The number of thiazole rings is 1. The van der Waals surface area contributed by atoms with Crippen LogP contribution in [0.2, 0.25) is 5.02 Å². The molecule has 0 amide bonds. The summed E-state index contributed by atoms with van der Waals surface area (Å²) in [5.41, 5.74) is -0.325. The lowest BCUT2D eigenvalue weighted by molar-refractivity contribution is -0.137. The monoisotopic (exact) mass is 420 g/mol. The summed E-state index contributed by atoms with van der Waals surface area (Å²) in [5, 5.41) is 4.03. The Hall–Kier alpha value is -1.98. The summed E-state index contributed by atoms with van der Waals surface area (Å²) in [5.74, 6) is -0.407. The Morgan fingerprint density at radius 2 is 2.19 bits per heavy atom. The highest BCUT2D eigenvalue weighted by Crippen LogP contribution is 2.34. The molecule has 0 saturated carbocycles. The maximum Gasteiger partial charge on any atom is 0.355 e. The number of fused-ring (bicyclic) bond motifs is 1. The Balaban J connectivity index is 2.03. The fraction of sp³-hybridized carbons (Fsp3) is 0.286. The highest BCUT2D eigenvalue weighted by Gasteiger charge is 2.20. The Bertz CT molecular complexity index is 1050. The predicted octanol–water partition coefficient (Wildman–Crippen LogP) is 3.27. The highest BCUT2D eigenvalue weighted by atomic mass is 35.5. The zero-order chi connectivity index (χ0) is 19.0. The summed E-state index contributed by atoms with van der Waals surface area (Å²) in [6.45, 7) is -1.69. The molecule has 0 fully saturated rings. The van der Waals surface area contributed by atoms with Crippen LogP contribution in [0.3, 0.4) is 0 Å². The molecular weight excluding hydrogens is 410 g/mol. The maximum atomic E-state index is 13.0. The molecule has 0 spiro atoms. The molecule has 7 nitrogen and oxygen atoms in total. The van der Waals surface area contributed by atoms with Gasteiger partial charge in [0.25, 0.3) is 0 Å². The van der Waals surface area contributed by atoms with E-state index in [0.29, 0.717) is 9.86 Å². The number of methoxy groups -OCH3 is 1. The van der Waals surface area contributed by atoms with Crippen LogP contribution in [0.5, 0.6) is 0 Å². The van der Waals surface area contributed by atoms with Gasteiger partial charge in [-0.3, -0.25) is 4.79 Å². The number of aryl methyl sites for hydroxylation is 1. The molecule has 3 aromatic rings. The lowest BCUT2D eigenvalue weighted by Crippen LogP contribution is -2.24. The van der Waals surface area contributed by atoms with Gasteiger partial charge in [-0.2, -0.15) is 13.5 Å². The fourth-order valence-corrected chi connectivity index (χ4v) is 4.41. The summed E-state index contributed by atoms with van der Waals surface area (Å²) in [6, 6.07) is 3.08. The number of nitrogens with zero attached hydrogens (tertiary/aromatic N) is 4. The fourth-order valence-electron chi connectivity index (χ4n) is 2.18. The van der Waals surface area contributed by atoms with E-state index in [4.69, 9.17) is 11.6 Å². The van der Waals surface area contributed by atoms with Crippen molar-refractivity contribution in [3.05, 3.63) is 33.5 Å². The summed E-state index contributed by atoms with van der Waals surface area (Å²) in [6.07, 6.45) is 0. The number of ether oxygens (including phenoxy) is 1. The topological polar surface area (TPSA) is 79.0 Å². The minimum atomic E-state index is -3.00. The molecule has 0 aliphatic rings. The molecule has 3 rings (SSSR count). The molecule has 0 atom stereocenters. The van der Waals surface area contributed by atoms with Crippen LogP contribution < -0.4 is 5.69 Å². The molecule has 26 heavy (non-hydrogen) atoms. The number of alkyl halides is 2. The third-order valence-corrected chi connectivity index (χ3v) is 5.82. The number of rotatable bonds is 5. The van der Waals surface area contributed by atoms with Crippen LogP contribution in [0.15, 0.2) is 21.3 Å². The molecule has 1 aromatic carbocycles. The van der Waals surface area contributed by atoms with Crippen molar-refractivity contribution >= 4 is 50.9 Å². The first-order chi connectivity index (χ1) is 12.3. The van der Waals surface area contributed by atoms with E-state index in [1.807, 2.05) is 0 Å². The third-order valence-electron chi connectivity index (χ3n) is 3.38. The van der Waals surface area contributed by atoms with Gasteiger partial charge in [-0.15, -0.1) is 16.4 Å². The van der Waals surface area contributed by atoms with Crippen molar-refractivity contribution in [1.29, 1.82) is 0 Å². The smallest absolute Gasteiger partial charge is 0.355 e. The number of esters is 1. The molecule has 0 N–H and O–H groups in total. The molecule has 2 heterocycles. The quantitative estimate of drug-likeness (QED) is 0.465. The number of hydrogen-bond acceptors (Lipinski definition) is 7. The Morgan fingerprint density at radius 3 is 2.81 bits per heavy atom. The lowest BCUT2D eigenvalue weighted by Gasteiger charge is -2.02. The van der Waals surface area contributed by atoms with Crippen LogP contribution in [0.25, 0.3) is 15.9 Å².